The fourth-order valence-corrected chi connectivity index (χ4v) is 2.44. The lowest BCUT2D eigenvalue weighted by atomic mass is 10.0. The SMILES string of the molecule is CN(C)CCCNC(=O)C1(C(=O)Nc2ccc(C(F)(F)F)cc2)CC1. The van der Waals surface area contributed by atoms with Gasteiger partial charge in [-0.25, -0.2) is 0 Å². The number of alkyl halides is 3. The van der Waals surface area contributed by atoms with Crippen molar-refractivity contribution in [3.63, 3.8) is 0 Å². The molecular weight excluding hydrogens is 335 g/mol. The molecule has 2 rings (SSSR count). The third-order valence-electron chi connectivity index (χ3n) is 4.16. The Balaban J connectivity index is 1.90. The van der Waals surface area contributed by atoms with Crippen molar-refractivity contribution < 1.29 is 22.8 Å². The molecule has 1 aromatic rings. The summed E-state index contributed by atoms with van der Waals surface area (Å²) in [5.41, 5.74) is -1.64. The number of hydrogen-bond acceptors (Lipinski definition) is 3. The number of nitrogens with one attached hydrogen (secondary N) is 2. The van der Waals surface area contributed by atoms with Crippen LogP contribution in [0.25, 0.3) is 0 Å². The molecule has 0 unspecified atom stereocenters. The van der Waals surface area contributed by atoms with Gasteiger partial charge >= 0.3 is 6.18 Å². The molecule has 5 nitrogen and oxygen atoms in total. The van der Waals surface area contributed by atoms with Crippen molar-refractivity contribution in [3.05, 3.63) is 29.8 Å². The Morgan fingerprint density at radius 3 is 2.20 bits per heavy atom. The van der Waals surface area contributed by atoms with Crippen LogP contribution in [0.1, 0.15) is 24.8 Å². The number of rotatable bonds is 7. The number of anilines is 1. The molecule has 0 aromatic heterocycles. The Morgan fingerprint density at radius 2 is 1.72 bits per heavy atom. The number of amides is 2. The molecule has 25 heavy (non-hydrogen) atoms. The highest BCUT2D eigenvalue weighted by Crippen LogP contribution is 2.46. The summed E-state index contributed by atoms with van der Waals surface area (Å²) in [7, 11) is 3.86. The number of carbonyl (C=O) groups is 2. The third kappa shape index (κ3) is 4.94. The van der Waals surface area contributed by atoms with E-state index in [9.17, 15) is 22.8 Å². The number of hydrogen-bond donors (Lipinski definition) is 2. The van der Waals surface area contributed by atoms with Crippen molar-refractivity contribution in [2.75, 3.05) is 32.5 Å². The zero-order valence-electron chi connectivity index (χ0n) is 14.2. The number of carbonyl (C=O) groups excluding carboxylic acids is 2. The van der Waals surface area contributed by atoms with Crippen LogP contribution in [-0.4, -0.2) is 43.9 Å². The summed E-state index contributed by atoms with van der Waals surface area (Å²) in [4.78, 5) is 26.6. The first-order chi connectivity index (χ1) is 11.6. The van der Waals surface area contributed by atoms with E-state index < -0.39 is 23.1 Å². The molecule has 1 aromatic carbocycles. The summed E-state index contributed by atoms with van der Waals surface area (Å²) in [5, 5.41) is 5.30. The highest BCUT2D eigenvalue weighted by Gasteiger charge is 2.56. The molecule has 0 heterocycles. The van der Waals surface area contributed by atoms with Gasteiger partial charge < -0.3 is 15.5 Å². The first kappa shape index (κ1) is 19.2. The molecule has 2 amide bonds. The zero-order chi connectivity index (χ0) is 18.7. The molecule has 0 atom stereocenters. The van der Waals surface area contributed by atoms with Gasteiger partial charge in [-0.2, -0.15) is 13.2 Å². The molecule has 0 bridgehead atoms. The minimum atomic E-state index is -4.42. The maximum absolute atomic E-state index is 12.5. The fraction of sp³-hybridized carbons (Fsp3) is 0.529. The van der Waals surface area contributed by atoms with Crippen molar-refractivity contribution in [3.8, 4) is 0 Å². The Labute approximate surface area is 144 Å². The van der Waals surface area contributed by atoms with E-state index in [2.05, 4.69) is 10.6 Å². The highest BCUT2D eigenvalue weighted by molar-refractivity contribution is 6.13. The van der Waals surface area contributed by atoms with E-state index in [4.69, 9.17) is 0 Å². The summed E-state index contributed by atoms with van der Waals surface area (Å²) in [6, 6.07) is 4.17. The molecule has 1 aliphatic rings. The normalized spacial score (nSPS) is 15.8. The second-order valence-electron chi connectivity index (χ2n) is 6.52. The highest BCUT2D eigenvalue weighted by atomic mass is 19.4. The molecular formula is C17H22F3N3O2. The van der Waals surface area contributed by atoms with Crippen LogP contribution in [0.15, 0.2) is 24.3 Å². The van der Waals surface area contributed by atoms with Gasteiger partial charge in [-0.1, -0.05) is 0 Å². The van der Waals surface area contributed by atoms with Crippen molar-refractivity contribution in [2.24, 2.45) is 5.41 Å². The minimum Gasteiger partial charge on any atom is -0.355 e. The Hall–Kier alpha value is -2.09. The Bertz CT molecular complexity index is 623. The largest absolute Gasteiger partial charge is 0.416 e. The van der Waals surface area contributed by atoms with Gasteiger partial charge in [-0.15, -0.1) is 0 Å². The molecule has 1 saturated carbocycles. The second kappa shape index (κ2) is 7.43. The number of halogens is 3. The topological polar surface area (TPSA) is 61.4 Å². The number of nitrogens with zero attached hydrogens (tertiary/aromatic N) is 1. The lowest BCUT2D eigenvalue weighted by Crippen LogP contribution is -2.40. The van der Waals surface area contributed by atoms with Crippen LogP contribution in [0.2, 0.25) is 0 Å². The second-order valence-corrected chi connectivity index (χ2v) is 6.52. The molecule has 1 fully saturated rings. The van der Waals surface area contributed by atoms with Gasteiger partial charge in [0.05, 0.1) is 5.56 Å². The zero-order valence-corrected chi connectivity index (χ0v) is 14.2. The summed E-state index contributed by atoms with van der Waals surface area (Å²) < 4.78 is 37.6. The van der Waals surface area contributed by atoms with Gasteiger partial charge in [0.1, 0.15) is 5.41 Å². The molecule has 138 valence electrons. The Kier molecular flexibility index (Phi) is 5.72. The van der Waals surface area contributed by atoms with Gasteiger partial charge in [0.15, 0.2) is 0 Å². The predicted octanol–water partition coefficient (Wildman–Crippen LogP) is 2.49. The van der Waals surface area contributed by atoms with Crippen LogP contribution >= 0.6 is 0 Å². The van der Waals surface area contributed by atoms with E-state index in [-0.39, 0.29) is 11.6 Å². The Morgan fingerprint density at radius 1 is 1.12 bits per heavy atom. The van der Waals surface area contributed by atoms with Gasteiger partial charge in [0, 0.05) is 12.2 Å². The average molecular weight is 357 g/mol. The maximum atomic E-state index is 12.5. The third-order valence-corrected chi connectivity index (χ3v) is 4.16. The maximum Gasteiger partial charge on any atom is 0.416 e. The van der Waals surface area contributed by atoms with Crippen molar-refractivity contribution in [1.82, 2.24) is 10.2 Å². The van der Waals surface area contributed by atoms with E-state index in [1.54, 1.807) is 0 Å². The predicted molar refractivity (Wildman–Crippen MR) is 87.9 cm³/mol. The van der Waals surface area contributed by atoms with E-state index >= 15 is 0 Å². The first-order valence-corrected chi connectivity index (χ1v) is 8.07. The molecule has 2 N–H and O–H groups in total. The monoisotopic (exact) mass is 357 g/mol. The smallest absolute Gasteiger partial charge is 0.355 e. The van der Waals surface area contributed by atoms with E-state index in [0.29, 0.717) is 19.4 Å². The lowest BCUT2D eigenvalue weighted by molar-refractivity contribution is -0.137. The van der Waals surface area contributed by atoms with Crippen molar-refractivity contribution in [2.45, 2.75) is 25.4 Å². The van der Waals surface area contributed by atoms with Crippen LogP contribution in [0.4, 0.5) is 18.9 Å². The van der Waals surface area contributed by atoms with Gasteiger partial charge in [-0.05, 0) is 64.2 Å². The summed E-state index contributed by atoms with van der Waals surface area (Å²) >= 11 is 0. The van der Waals surface area contributed by atoms with Crippen LogP contribution in [0.3, 0.4) is 0 Å². The van der Waals surface area contributed by atoms with Crippen LogP contribution in [0.5, 0.6) is 0 Å². The molecule has 1 aliphatic carbocycles. The van der Waals surface area contributed by atoms with Crippen molar-refractivity contribution >= 4 is 17.5 Å². The fourth-order valence-electron chi connectivity index (χ4n) is 2.44. The van der Waals surface area contributed by atoms with Crippen LogP contribution in [-0.2, 0) is 15.8 Å². The van der Waals surface area contributed by atoms with Gasteiger partial charge in [0.2, 0.25) is 11.8 Å². The van der Waals surface area contributed by atoms with Crippen LogP contribution in [0, 0.1) is 5.41 Å². The molecule has 0 aliphatic heterocycles. The molecule has 8 heteroatoms. The molecule has 0 saturated heterocycles. The minimum absolute atomic E-state index is 0.240. The number of benzene rings is 1. The van der Waals surface area contributed by atoms with E-state index in [0.717, 1.165) is 25.1 Å². The van der Waals surface area contributed by atoms with Gasteiger partial charge in [-0.3, -0.25) is 9.59 Å². The average Bonchev–Trinajstić information content (AvgIpc) is 3.32. The van der Waals surface area contributed by atoms with E-state index in [1.165, 1.54) is 12.1 Å². The lowest BCUT2D eigenvalue weighted by Gasteiger charge is -2.16. The van der Waals surface area contributed by atoms with E-state index in [1.807, 2.05) is 19.0 Å². The van der Waals surface area contributed by atoms with Crippen LogP contribution < -0.4 is 10.6 Å². The first-order valence-electron chi connectivity index (χ1n) is 8.07. The molecule has 0 radical (unpaired) electrons. The summed E-state index contributed by atoms with van der Waals surface area (Å²) in [6.45, 7) is 1.30. The summed E-state index contributed by atoms with van der Waals surface area (Å²) in [5.74, 6) is -0.798. The standard InChI is InChI=1S/C17H22F3N3O2/c1-23(2)11-3-10-21-14(24)16(8-9-16)15(25)22-13-6-4-12(5-7-13)17(18,19)20/h4-7H,3,8-11H2,1-2H3,(H,21,24)(H,22,25). The van der Waals surface area contributed by atoms with Crippen molar-refractivity contribution in [1.29, 1.82) is 0 Å². The quantitative estimate of drug-likeness (QED) is 0.582. The van der Waals surface area contributed by atoms with Gasteiger partial charge in [0.25, 0.3) is 0 Å². The molecule has 0 spiro atoms. The summed E-state index contributed by atoms with van der Waals surface area (Å²) in [6.07, 6.45) is -2.76.